The molecule has 9 rings (SSSR count). The van der Waals surface area contributed by atoms with Crippen molar-refractivity contribution < 1.29 is 11.0 Å². The second kappa shape index (κ2) is 14.3. The van der Waals surface area contributed by atoms with Crippen molar-refractivity contribution in [1.82, 2.24) is 0 Å². The third-order valence-corrected chi connectivity index (χ3v) is 9.44. The molecule has 0 aliphatic rings. The third kappa shape index (κ3) is 6.65. The Morgan fingerprint density at radius 1 is 0.283 bits per heavy atom. The Morgan fingerprint density at radius 3 is 1.30 bits per heavy atom. The van der Waals surface area contributed by atoms with Gasteiger partial charge in [0.15, 0.2) is 0 Å². The number of rotatable bonds is 8. The molecule has 0 saturated carbocycles. The van der Waals surface area contributed by atoms with E-state index in [2.05, 4.69) is 12.1 Å². The molecule has 1 nitrogen and oxygen atoms in total. The maximum atomic E-state index is 9.52. The van der Waals surface area contributed by atoms with E-state index in [1.54, 1.807) is 42.5 Å². The van der Waals surface area contributed by atoms with Gasteiger partial charge in [0.2, 0.25) is 0 Å². The molecule has 0 amide bonds. The molecule has 0 heterocycles. The Balaban J connectivity index is 1.20. The molecule has 9 aromatic carbocycles. The summed E-state index contributed by atoms with van der Waals surface area (Å²) in [5.74, 6) is 0. The zero-order valence-electron chi connectivity index (χ0n) is 36.7. The zero-order chi connectivity index (χ0) is 42.4. The highest BCUT2D eigenvalue weighted by Gasteiger charge is 2.14. The molecule has 0 radical (unpaired) electrons. The van der Waals surface area contributed by atoms with Crippen molar-refractivity contribution >= 4 is 27.8 Å². The lowest BCUT2D eigenvalue weighted by Crippen LogP contribution is -2.09. The molecule has 0 saturated heterocycles. The van der Waals surface area contributed by atoms with Gasteiger partial charge < -0.3 is 4.90 Å². The quantitative estimate of drug-likeness (QED) is 0.154. The molecule has 0 bridgehead atoms. The SMILES string of the molecule is [2H]c1c([2H])c(N(c2ccc(-c3ccc(-c4ccccc4)cc3)cc2)c2c([2H])c([2H])c(-c3cccc(-c4cccc5ccccc45)c3)c([2H])c2[2H])c([2H])c([2H])c1-c1ccccc1. The van der Waals surface area contributed by atoms with Crippen LogP contribution in [-0.4, -0.2) is 0 Å². The smallest absolute Gasteiger partial charge is 0.0645 e. The molecule has 0 spiro atoms. The van der Waals surface area contributed by atoms with Gasteiger partial charge in [-0.3, -0.25) is 0 Å². The van der Waals surface area contributed by atoms with E-state index < -0.39 is 12.1 Å². The summed E-state index contributed by atoms with van der Waals surface area (Å²) in [7, 11) is 0. The van der Waals surface area contributed by atoms with Crippen LogP contribution in [0.4, 0.5) is 17.1 Å². The van der Waals surface area contributed by atoms with Crippen LogP contribution in [-0.2, 0) is 0 Å². The second-order valence-corrected chi connectivity index (χ2v) is 12.7. The fraction of sp³-hybridized carbons (Fsp3) is 0. The summed E-state index contributed by atoms with van der Waals surface area (Å²) in [6.07, 6.45) is 0. The highest BCUT2D eigenvalue weighted by molar-refractivity contribution is 5.97. The number of hydrogen-bond donors (Lipinski definition) is 0. The van der Waals surface area contributed by atoms with Gasteiger partial charge in [0, 0.05) is 17.1 Å². The highest BCUT2D eigenvalue weighted by atomic mass is 15.1. The average molecular weight is 684 g/mol. The third-order valence-electron chi connectivity index (χ3n) is 9.44. The van der Waals surface area contributed by atoms with Gasteiger partial charge >= 0.3 is 0 Å². The summed E-state index contributed by atoms with van der Waals surface area (Å²) in [5.41, 5.74) is 6.98. The topological polar surface area (TPSA) is 3.24 Å². The maximum Gasteiger partial charge on any atom is 0.0645 e. The van der Waals surface area contributed by atoms with Gasteiger partial charge in [-0.25, -0.2) is 0 Å². The van der Waals surface area contributed by atoms with E-state index in [-0.39, 0.29) is 58.8 Å². The molecule has 1 heteroatoms. The van der Waals surface area contributed by atoms with Crippen molar-refractivity contribution in [3.63, 3.8) is 0 Å². The number of benzene rings is 9. The molecule has 0 unspecified atom stereocenters. The van der Waals surface area contributed by atoms with Crippen LogP contribution in [0, 0.1) is 0 Å². The van der Waals surface area contributed by atoms with Crippen LogP contribution in [0.3, 0.4) is 0 Å². The lowest BCUT2D eigenvalue weighted by Gasteiger charge is -2.26. The summed E-state index contributed by atoms with van der Waals surface area (Å²) in [6.45, 7) is 0. The normalized spacial score (nSPS) is 13.1. The van der Waals surface area contributed by atoms with Crippen LogP contribution in [0.2, 0.25) is 0 Å². The summed E-state index contributed by atoms with van der Waals surface area (Å²) in [5, 5.41) is 2.11. The number of fused-ring (bicyclic) bond motifs is 1. The van der Waals surface area contributed by atoms with Crippen molar-refractivity contribution in [3.05, 3.63) is 224 Å². The predicted octanol–water partition coefficient (Wildman–Crippen LogP) is 14.6. The minimum absolute atomic E-state index is 0.106. The first-order valence-corrected chi connectivity index (χ1v) is 17.5. The summed E-state index contributed by atoms with van der Waals surface area (Å²) in [4.78, 5) is 1.34. The fourth-order valence-corrected chi connectivity index (χ4v) is 6.71. The van der Waals surface area contributed by atoms with E-state index >= 15 is 0 Å². The first-order valence-electron chi connectivity index (χ1n) is 21.5. The van der Waals surface area contributed by atoms with E-state index in [0.29, 0.717) is 16.8 Å². The molecule has 0 aliphatic carbocycles. The molecule has 0 fully saturated rings. The lowest BCUT2D eigenvalue weighted by molar-refractivity contribution is 1.28. The van der Waals surface area contributed by atoms with Crippen LogP contribution >= 0.6 is 0 Å². The Labute approximate surface area is 323 Å². The molecule has 0 aromatic heterocycles. The van der Waals surface area contributed by atoms with Gasteiger partial charge in [0.05, 0.1) is 11.0 Å². The first-order chi connectivity index (χ1) is 29.6. The van der Waals surface area contributed by atoms with E-state index in [0.717, 1.165) is 44.2 Å². The second-order valence-electron chi connectivity index (χ2n) is 12.7. The van der Waals surface area contributed by atoms with Crippen LogP contribution in [0.25, 0.3) is 66.4 Å². The van der Waals surface area contributed by atoms with E-state index in [1.807, 2.05) is 121 Å². The highest BCUT2D eigenvalue weighted by Crippen LogP contribution is 2.39. The van der Waals surface area contributed by atoms with Gasteiger partial charge in [0.25, 0.3) is 0 Å². The molecular formula is C52H37N. The van der Waals surface area contributed by atoms with Crippen molar-refractivity contribution in [2.24, 2.45) is 0 Å². The first kappa shape index (κ1) is 24.3. The Morgan fingerprint density at radius 2 is 0.698 bits per heavy atom. The van der Waals surface area contributed by atoms with Crippen molar-refractivity contribution in [1.29, 1.82) is 0 Å². The Hall–Kier alpha value is -6.96. The van der Waals surface area contributed by atoms with Crippen molar-refractivity contribution in [3.8, 4) is 55.6 Å². The number of nitrogens with zero attached hydrogens (tertiary/aromatic N) is 1. The summed E-state index contributed by atoms with van der Waals surface area (Å²) in [6, 6.07) is 53.0. The van der Waals surface area contributed by atoms with Crippen LogP contribution in [0.1, 0.15) is 11.0 Å². The maximum absolute atomic E-state index is 9.52. The summed E-state index contributed by atoms with van der Waals surface area (Å²) < 4.78 is 74.9. The standard InChI is InChI=1S/C52H37N/c1-3-11-38(12-4-1)40-21-23-41(24-22-40)43-27-33-49(34-28-43)53(48-31-25-42(26-32-48)39-13-5-2-6-14-39)50-35-29-44(30-36-50)46-17-9-18-47(37-46)52-20-10-16-45-15-7-8-19-51(45)52/h1-37H/i25D,26D,29D,30D,31D,32D,35D,36D. The molecule has 0 atom stereocenters. The van der Waals surface area contributed by atoms with E-state index in [1.165, 1.54) is 4.90 Å². The predicted molar refractivity (Wildman–Crippen MR) is 226 cm³/mol. The van der Waals surface area contributed by atoms with Gasteiger partial charge in [0.1, 0.15) is 0 Å². The van der Waals surface area contributed by atoms with E-state index in [4.69, 9.17) is 2.74 Å². The minimum Gasteiger partial charge on any atom is -0.311 e. The van der Waals surface area contributed by atoms with Gasteiger partial charge in [-0.15, -0.1) is 0 Å². The Kier molecular flexibility index (Phi) is 6.57. The monoisotopic (exact) mass is 683 g/mol. The largest absolute Gasteiger partial charge is 0.311 e. The minimum atomic E-state index is -0.392. The van der Waals surface area contributed by atoms with Crippen LogP contribution in [0.15, 0.2) is 224 Å². The zero-order valence-corrected chi connectivity index (χ0v) is 28.7. The molecule has 0 N–H and O–H groups in total. The fourth-order valence-electron chi connectivity index (χ4n) is 6.71. The van der Waals surface area contributed by atoms with Crippen molar-refractivity contribution in [2.45, 2.75) is 0 Å². The van der Waals surface area contributed by atoms with Gasteiger partial charge in [-0.1, -0.05) is 182 Å². The average Bonchev–Trinajstić information content (AvgIpc) is 3.30. The molecular weight excluding hydrogens is 639 g/mol. The van der Waals surface area contributed by atoms with Gasteiger partial charge in [-0.05, 0) is 109 Å². The lowest BCUT2D eigenvalue weighted by atomic mass is 9.95. The van der Waals surface area contributed by atoms with E-state index in [9.17, 15) is 8.22 Å². The molecule has 9 aromatic rings. The summed E-state index contributed by atoms with van der Waals surface area (Å²) >= 11 is 0. The molecule has 250 valence electrons. The van der Waals surface area contributed by atoms with Crippen LogP contribution in [0.5, 0.6) is 0 Å². The molecule has 0 aliphatic heterocycles. The van der Waals surface area contributed by atoms with Crippen molar-refractivity contribution in [2.75, 3.05) is 4.90 Å². The van der Waals surface area contributed by atoms with Crippen LogP contribution < -0.4 is 4.90 Å². The Bertz CT molecular complexity index is 3030. The van der Waals surface area contributed by atoms with Gasteiger partial charge in [-0.2, -0.15) is 0 Å². The number of hydrogen-bond acceptors (Lipinski definition) is 1. The number of anilines is 3. The molecule has 53 heavy (non-hydrogen) atoms.